The SMILES string of the molecule is O=C(CSc1ccc(F)cc1F)NCc1nn[nH]n1. The van der Waals surface area contributed by atoms with Gasteiger partial charge in [0.25, 0.3) is 0 Å². The Hall–Kier alpha value is -2.03. The van der Waals surface area contributed by atoms with E-state index in [1.807, 2.05) is 0 Å². The molecule has 0 aliphatic carbocycles. The number of hydrogen-bond acceptors (Lipinski definition) is 5. The zero-order valence-corrected chi connectivity index (χ0v) is 10.4. The molecular formula is C10H9F2N5OS. The highest BCUT2D eigenvalue weighted by Crippen LogP contribution is 2.21. The fourth-order valence-electron chi connectivity index (χ4n) is 1.22. The molecule has 0 spiro atoms. The predicted octanol–water partition coefficient (Wildman–Crippen LogP) is 0.886. The molecule has 0 saturated heterocycles. The Balaban J connectivity index is 1.80. The molecule has 0 aliphatic heterocycles. The minimum atomic E-state index is -0.684. The molecule has 0 fully saturated rings. The second-order valence-electron chi connectivity index (χ2n) is 3.47. The van der Waals surface area contributed by atoms with E-state index in [0.717, 1.165) is 23.9 Å². The minimum Gasteiger partial charge on any atom is -0.348 e. The van der Waals surface area contributed by atoms with E-state index in [4.69, 9.17) is 0 Å². The molecule has 0 aliphatic rings. The van der Waals surface area contributed by atoms with Crippen LogP contribution in [-0.2, 0) is 11.3 Å². The molecule has 0 bridgehead atoms. The van der Waals surface area contributed by atoms with Crippen LogP contribution in [0, 0.1) is 11.6 Å². The van der Waals surface area contributed by atoms with Gasteiger partial charge in [-0.3, -0.25) is 4.79 Å². The Morgan fingerprint density at radius 1 is 1.42 bits per heavy atom. The first-order chi connectivity index (χ1) is 9.15. The van der Waals surface area contributed by atoms with Crippen molar-refractivity contribution in [1.82, 2.24) is 25.9 Å². The van der Waals surface area contributed by atoms with Gasteiger partial charge in [0.1, 0.15) is 11.6 Å². The summed E-state index contributed by atoms with van der Waals surface area (Å²) < 4.78 is 26.0. The van der Waals surface area contributed by atoms with Gasteiger partial charge in [-0.25, -0.2) is 8.78 Å². The Morgan fingerprint density at radius 3 is 2.95 bits per heavy atom. The van der Waals surface area contributed by atoms with E-state index in [0.29, 0.717) is 5.82 Å². The third kappa shape index (κ3) is 3.98. The average molecular weight is 285 g/mol. The van der Waals surface area contributed by atoms with Crippen LogP contribution in [0.1, 0.15) is 5.82 Å². The van der Waals surface area contributed by atoms with Crippen LogP contribution in [0.15, 0.2) is 23.1 Å². The van der Waals surface area contributed by atoms with E-state index >= 15 is 0 Å². The number of hydrogen-bond donors (Lipinski definition) is 2. The Labute approximate surface area is 111 Å². The summed E-state index contributed by atoms with van der Waals surface area (Å²) in [7, 11) is 0. The predicted molar refractivity (Wildman–Crippen MR) is 63.1 cm³/mol. The van der Waals surface area contributed by atoms with Crippen LogP contribution in [0.2, 0.25) is 0 Å². The largest absolute Gasteiger partial charge is 0.348 e. The van der Waals surface area contributed by atoms with Crippen LogP contribution in [0.4, 0.5) is 8.78 Å². The number of halogens is 2. The number of nitrogens with zero attached hydrogens (tertiary/aromatic N) is 3. The highest BCUT2D eigenvalue weighted by molar-refractivity contribution is 8.00. The molecule has 0 unspecified atom stereocenters. The Morgan fingerprint density at radius 2 is 2.26 bits per heavy atom. The summed E-state index contributed by atoms with van der Waals surface area (Å²) in [6.07, 6.45) is 0. The van der Waals surface area contributed by atoms with Crippen molar-refractivity contribution >= 4 is 17.7 Å². The van der Waals surface area contributed by atoms with Crippen molar-refractivity contribution in [2.24, 2.45) is 0 Å². The molecule has 0 radical (unpaired) electrons. The van der Waals surface area contributed by atoms with Crippen LogP contribution in [0.3, 0.4) is 0 Å². The van der Waals surface area contributed by atoms with Gasteiger partial charge in [0.2, 0.25) is 5.91 Å². The molecule has 9 heteroatoms. The van der Waals surface area contributed by atoms with Gasteiger partial charge in [-0.1, -0.05) is 5.21 Å². The van der Waals surface area contributed by atoms with Crippen molar-refractivity contribution in [1.29, 1.82) is 0 Å². The monoisotopic (exact) mass is 285 g/mol. The molecule has 1 aromatic carbocycles. The first-order valence-electron chi connectivity index (χ1n) is 5.22. The zero-order chi connectivity index (χ0) is 13.7. The van der Waals surface area contributed by atoms with Crippen molar-refractivity contribution < 1.29 is 13.6 Å². The second-order valence-corrected chi connectivity index (χ2v) is 4.49. The van der Waals surface area contributed by atoms with E-state index in [9.17, 15) is 13.6 Å². The number of aromatic nitrogens is 4. The van der Waals surface area contributed by atoms with Crippen LogP contribution in [0.5, 0.6) is 0 Å². The molecule has 2 rings (SSSR count). The molecule has 1 aromatic heterocycles. The molecule has 0 saturated carbocycles. The molecule has 100 valence electrons. The van der Waals surface area contributed by atoms with Crippen LogP contribution in [0.25, 0.3) is 0 Å². The van der Waals surface area contributed by atoms with Crippen molar-refractivity contribution in [2.45, 2.75) is 11.4 Å². The van der Waals surface area contributed by atoms with Gasteiger partial charge in [0.05, 0.1) is 12.3 Å². The molecule has 0 atom stereocenters. The van der Waals surface area contributed by atoms with Gasteiger partial charge in [0, 0.05) is 11.0 Å². The summed E-state index contributed by atoms with van der Waals surface area (Å²) in [5.74, 6) is -1.27. The first-order valence-corrected chi connectivity index (χ1v) is 6.20. The summed E-state index contributed by atoms with van der Waals surface area (Å²) in [4.78, 5) is 11.7. The average Bonchev–Trinajstić information content (AvgIpc) is 2.88. The topological polar surface area (TPSA) is 83.6 Å². The van der Waals surface area contributed by atoms with E-state index in [1.54, 1.807) is 0 Å². The van der Waals surface area contributed by atoms with E-state index in [2.05, 4.69) is 25.9 Å². The van der Waals surface area contributed by atoms with Gasteiger partial charge >= 0.3 is 0 Å². The van der Waals surface area contributed by atoms with Crippen molar-refractivity contribution in [3.63, 3.8) is 0 Å². The summed E-state index contributed by atoms with van der Waals surface area (Å²) in [5.41, 5.74) is 0. The van der Waals surface area contributed by atoms with E-state index in [1.165, 1.54) is 6.07 Å². The lowest BCUT2D eigenvalue weighted by Crippen LogP contribution is -2.25. The number of thioether (sulfide) groups is 1. The van der Waals surface area contributed by atoms with Gasteiger partial charge < -0.3 is 5.32 Å². The van der Waals surface area contributed by atoms with Crippen molar-refractivity contribution in [3.8, 4) is 0 Å². The molecule has 6 nitrogen and oxygen atoms in total. The summed E-state index contributed by atoms with van der Waals surface area (Å²) >= 11 is 0.983. The standard InChI is InChI=1S/C10H9F2N5OS/c11-6-1-2-8(7(12)3-6)19-5-10(18)13-4-9-14-16-17-15-9/h1-3H,4-5H2,(H,13,18)(H,14,15,16,17). The van der Waals surface area contributed by atoms with Gasteiger partial charge in [-0.05, 0) is 12.1 Å². The normalized spacial score (nSPS) is 10.4. The third-order valence-corrected chi connectivity index (χ3v) is 3.13. The smallest absolute Gasteiger partial charge is 0.230 e. The van der Waals surface area contributed by atoms with Crippen molar-refractivity contribution in [2.75, 3.05) is 5.75 Å². The minimum absolute atomic E-state index is 0.0143. The van der Waals surface area contributed by atoms with Crippen LogP contribution < -0.4 is 5.32 Å². The number of tetrazole rings is 1. The van der Waals surface area contributed by atoms with Crippen molar-refractivity contribution in [3.05, 3.63) is 35.7 Å². The third-order valence-electron chi connectivity index (χ3n) is 2.09. The summed E-state index contributed by atoms with van der Waals surface area (Å²) in [5, 5.41) is 15.5. The van der Waals surface area contributed by atoms with Gasteiger partial charge in [-0.15, -0.1) is 22.0 Å². The van der Waals surface area contributed by atoms with E-state index < -0.39 is 11.6 Å². The molecule has 2 aromatic rings. The number of carbonyl (C=O) groups excluding carboxylic acids is 1. The fourth-order valence-corrected chi connectivity index (χ4v) is 1.97. The van der Waals surface area contributed by atoms with E-state index in [-0.39, 0.29) is 23.1 Å². The lowest BCUT2D eigenvalue weighted by atomic mass is 10.3. The number of aromatic amines is 1. The second kappa shape index (κ2) is 6.23. The number of benzene rings is 1. The molecule has 1 amide bonds. The zero-order valence-electron chi connectivity index (χ0n) is 9.56. The number of nitrogens with one attached hydrogen (secondary N) is 2. The maximum atomic E-state index is 13.3. The molecular weight excluding hydrogens is 276 g/mol. The van der Waals surface area contributed by atoms with Crippen LogP contribution >= 0.6 is 11.8 Å². The number of amides is 1. The van der Waals surface area contributed by atoms with Gasteiger partial charge in [0.15, 0.2) is 5.82 Å². The molecule has 19 heavy (non-hydrogen) atoms. The number of rotatable bonds is 5. The highest BCUT2D eigenvalue weighted by Gasteiger charge is 2.08. The maximum absolute atomic E-state index is 13.3. The Bertz CT molecular complexity index is 563. The fraction of sp³-hybridized carbons (Fsp3) is 0.200. The molecule has 1 heterocycles. The maximum Gasteiger partial charge on any atom is 0.230 e. The Kier molecular flexibility index (Phi) is 4.39. The number of carbonyl (C=O) groups is 1. The molecule has 2 N–H and O–H groups in total. The first kappa shape index (κ1) is 13.4. The summed E-state index contributed by atoms with van der Waals surface area (Å²) in [6, 6.07) is 3.21. The number of H-pyrrole nitrogens is 1. The van der Waals surface area contributed by atoms with Crippen LogP contribution in [-0.4, -0.2) is 32.3 Å². The summed E-state index contributed by atoms with van der Waals surface area (Å²) in [6.45, 7) is 0.141. The van der Waals surface area contributed by atoms with Gasteiger partial charge in [-0.2, -0.15) is 5.21 Å². The lowest BCUT2D eigenvalue weighted by Gasteiger charge is -2.04. The quantitative estimate of drug-likeness (QED) is 0.797. The lowest BCUT2D eigenvalue weighted by molar-refractivity contribution is -0.118. The highest BCUT2D eigenvalue weighted by atomic mass is 32.2.